The van der Waals surface area contributed by atoms with Gasteiger partial charge in [-0.3, -0.25) is 9.78 Å². The molecule has 1 unspecified atom stereocenters. The quantitative estimate of drug-likeness (QED) is 0.902. The first-order valence-electron chi connectivity index (χ1n) is 7.07. The number of nitrogens with zero attached hydrogens (tertiary/aromatic N) is 3. The van der Waals surface area contributed by atoms with Crippen LogP contribution in [0.1, 0.15) is 31.4 Å². The van der Waals surface area contributed by atoms with Gasteiger partial charge in [0.1, 0.15) is 4.47 Å². The van der Waals surface area contributed by atoms with Gasteiger partial charge in [0, 0.05) is 25.0 Å². The molecule has 2 aromatic rings. The van der Waals surface area contributed by atoms with Crippen molar-refractivity contribution in [3.63, 3.8) is 0 Å². The lowest BCUT2D eigenvalue weighted by Gasteiger charge is -2.16. The standard InChI is InChI=1S/C15H17BrN4O/c1-10(12-4-6-17-7-5-12)19-13-8-18-20(9-11-2-3-11)15(21)14(13)16/h4-8,10-11,19H,2-3,9H2,1H3. The lowest BCUT2D eigenvalue weighted by molar-refractivity contribution is 0.531. The summed E-state index contributed by atoms with van der Waals surface area (Å²) in [6.45, 7) is 2.76. The second kappa shape index (κ2) is 5.97. The first-order valence-corrected chi connectivity index (χ1v) is 7.86. The third-order valence-corrected chi connectivity index (χ3v) is 4.46. The molecule has 1 saturated carbocycles. The minimum absolute atomic E-state index is 0.0739. The van der Waals surface area contributed by atoms with Crippen LogP contribution in [0, 0.1) is 5.92 Å². The molecule has 0 amide bonds. The maximum atomic E-state index is 12.3. The Morgan fingerprint density at radius 2 is 2.14 bits per heavy atom. The summed E-state index contributed by atoms with van der Waals surface area (Å²) in [5.74, 6) is 0.622. The van der Waals surface area contributed by atoms with Gasteiger partial charge in [-0.1, -0.05) is 0 Å². The minimum atomic E-state index is -0.0752. The van der Waals surface area contributed by atoms with Crippen LogP contribution in [0.2, 0.25) is 0 Å². The van der Waals surface area contributed by atoms with Gasteiger partial charge < -0.3 is 5.32 Å². The molecule has 1 fully saturated rings. The highest BCUT2D eigenvalue weighted by molar-refractivity contribution is 9.10. The number of pyridine rings is 1. The van der Waals surface area contributed by atoms with Gasteiger partial charge in [0.25, 0.3) is 5.56 Å². The van der Waals surface area contributed by atoms with Crippen molar-refractivity contribution in [1.29, 1.82) is 0 Å². The van der Waals surface area contributed by atoms with Crippen LogP contribution in [0.15, 0.2) is 40.0 Å². The Hall–Kier alpha value is -1.69. The Morgan fingerprint density at radius 1 is 1.43 bits per heavy atom. The van der Waals surface area contributed by atoms with Gasteiger partial charge in [-0.15, -0.1) is 0 Å². The molecule has 0 spiro atoms. The fraction of sp³-hybridized carbons (Fsp3) is 0.400. The number of hydrogen-bond acceptors (Lipinski definition) is 4. The number of nitrogens with one attached hydrogen (secondary N) is 1. The van der Waals surface area contributed by atoms with Gasteiger partial charge in [-0.25, -0.2) is 4.68 Å². The van der Waals surface area contributed by atoms with E-state index in [1.54, 1.807) is 23.3 Å². The highest BCUT2D eigenvalue weighted by atomic mass is 79.9. The summed E-state index contributed by atoms with van der Waals surface area (Å²) < 4.78 is 2.09. The third-order valence-electron chi connectivity index (χ3n) is 3.69. The normalized spacial score (nSPS) is 15.7. The third kappa shape index (κ3) is 3.32. The Kier molecular flexibility index (Phi) is 4.05. The molecule has 0 aromatic carbocycles. The van der Waals surface area contributed by atoms with Gasteiger partial charge in [0.2, 0.25) is 0 Å². The maximum absolute atomic E-state index is 12.3. The monoisotopic (exact) mass is 348 g/mol. The van der Waals surface area contributed by atoms with E-state index in [9.17, 15) is 4.79 Å². The Labute approximate surface area is 131 Å². The second-order valence-corrected chi connectivity index (χ2v) is 6.24. The molecule has 110 valence electrons. The summed E-state index contributed by atoms with van der Waals surface area (Å²) in [6.07, 6.45) is 7.63. The van der Waals surface area contributed by atoms with Crippen LogP contribution in [0.3, 0.4) is 0 Å². The van der Waals surface area contributed by atoms with Gasteiger partial charge in [0.05, 0.1) is 11.9 Å². The first kappa shape index (κ1) is 14.3. The summed E-state index contributed by atoms with van der Waals surface area (Å²) in [5, 5.41) is 7.58. The molecule has 3 rings (SSSR count). The molecule has 21 heavy (non-hydrogen) atoms. The molecule has 0 aliphatic heterocycles. The summed E-state index contributed by atoms with van der Waals surface area (Å²) in [6, 6.07) is 3.98. The highest BCUT2D eigenvalue weighted by Crippen LogP contribution is 2.30. The fourth-order valence-corrected chi connectivity index (χ4v) is 2.63. The average molecular weight is 349 g/mol. The lowest BCUT2D eigenvalue weighted by Crippen LogP contribution is -2.25. The summed E-state index contributed by atoms with van der Waals surface area (Å²) >= 11 is 3.39. The molecule has 1 aliphatic rings. The van der Waals surface area contributed by atoms with Crippen LogP contribution in [-0.4, -0.2) is 14.8 Å². The largest absolute Gasteiger partial charge is 0.376 e. The van der Waals surface area contributed by atoms with Crippen molar-refractivity contribution >= 4 is 21.6 Å². The van der Waals surface area contributed by atoms with E-state index in [0.717, 1.165) is 17.8 Å². The molecule has 1 N–H and O–H groups in total. The van der Waals surface area contributed by atoms with E-state index in [1.165, 1.54) is 12.8 Å². The van der Waals surface area contributed by atoms with Crippen LogP contribution in [0.25, 0.3) is 0 Å². The molecule has 1 atom stereocenters. The zero-order valence-corrected chi connectivity index (χ0v) is 13.4. The second-order valence-electron chi connectivity index (χ2n) is 5.45. The smallest absolute Gasteiger partial charge is 0.283 e. The van der Waals surface area contributed by atoms with Crippen molar-refractivity contribution in [3.8, 4) is 0 Å². The van der Waals surface area contributed by atoms with E-state index < -0.39 is 0 Å². The van der Waals surface area contributed by atoms with E-state index in [4.69, 9.17) is 0 Å². The predicted octanol–water partition coefficient (Wildman–Crippen LogP) is 2.98. The first-order chi connectivity index (χ1) is 10.1. The van der Waals surface area contributed by atoms with Crippen molar-refractivity contribution in [2.45, 2.75) is 32.4 Å². The molecule has 0 saturated heterocycles. The van der Waals surface area contributed by atoms with Crippen LogP contribution < -0.4 is 10.9 Å². The van der Waals surface area contributed by atoms with E-state index in [1.807, 2.05) is 19.1 Å². The fourth-order valence-electron chi connectivity index (χ4n) is 2.21. The Bertz CT molecular complexity index is 682. The van der Waals surface area contributed by atoms with Crippen molar-refractivity contribution in [2.75, 3.05) is 5.32 Å². The molecular weight excluding hydrogens is 332 g/mol. The van der Waals surface area contributed by atoms with E-state index in [-0.39, 0.29) is 11.6 Å². The minimum Gasteiger partial charge on any atom is -0.376 e. The van der Waals surface area contributed by atoms with E-state index >= 15 is 0 Å². The maximum Gasteiger partial charge on any atom is 0.283 e. The zero-order valence-electron chi connectivity index (χ0n) is 11.8. The molecule has 0 radical (unpaired) electrons. The van der Waals surface area contributed by atoms with Crippen LogP contribution >= 0.6 is 15.9 Å². The Balaban J connectivity index is 1.79. The van der Waals surface area contributed by atoms with Crippen LogP contribution in [0.5, 0.6) is 0 Å². The van der Waals surface area contributed by atoms with Gasteiger partial charge in [0.15, 0.2) is 0 Å². The number of aromatic nitrogens is 3. The average Bonchev–Trinajstić information content (AvgIpc) is 3.32. The van der Waals surface area contributed by atoms with Crippen molar-refractivity contribution in [1.82, 2.24) is 14.8 Å². The Morgan fingerprint density at radius 3 is 2.81 bits per heavy atom. The van der Waals surface area contributed by atoms with Crippen LogP contribution in [-0.2, 0) is 6.54 Å². The zero-order chi connectivity index (χ0) is 14.8. The lowest BCUT2D eigenvalue weighted by atomic mass is 10.1. The van der Waals surface area contributed by atoms with E-state index in [0.29, 0.717) is 10.4 Å². The highest BCUT2D eigenvalue weighted by Gasteiger charge is 2.23. The summed E-state index contributed by atoms with van der Waals surface area (Å²) in [4.78, 5) is 16.3. The molecular formula is C15H17BrN4O. The SMILES string of the molecule is CC(Nc1cnn(CC2CC2)c(=O)c1Br)c1ccncc1. The number of hydrogen-bond donors (Lipinski definition) is 1. The van der Waals surface area contributed by atoms with Crippen molar-refractivity contribution in [3.05, 3.63) is 51.1 Å². The molecule has 0 bridgehead atoms. The van der Waals surface area contributed by atoms with Gasteiger partial charge in [-0.2, -0.15) is 5.10 Å². The molecule has 6 heteroatoms. The van der Waals surface area contributed by atoms with Gasteiger partial charge in [-0.05, 0) is 59.3 Å². The number of anilines is 1. The number of halogens is 1. The topological polar surface area (TPSA) is 59.8 Å². The van der Waals surface area contributed by atoms with Crippen molar-refractivity contribution in [2.24, 2.45) is 5.92 Å². The molecule has 2 heterocycles. The predicted molar refractivity (Wildman–Crippen MR) is 85.2 cm³/mol. The van der Waals surface area contributed by atoms with E-state index in [2.05, 4.69) is 31.3 Å². The molecule has 2 aromatic heterocycles. The van der Waals surface area contributed by atoms with Gasteiger partial charge >= 0.3 is 0 Å². The molecule has 5 nitrogen and oxygen atoms in total. The summed E-state index contributed by atoms with van der Waals surface area (Å²) in [5.41, 5.74) is 1.75. The summed E-state index contributed by atoms with van der Waals surface area (Å²) in [7, 11) is 0. The molecule has 1 aliphatic carbocycles. The van der Waals surface area contributed by atoms with Crippen molar-refractivity contribution < 1.29 is 0 Å². The number of rotatable bonds is 5. The van der Waals surface area contributed by atoms with Crippen LogP contribution in [0.4, 0.5) is 5.69 Å².